The van der Waals surface area contributed by atoms with Crippen LogP contribution in [0.15, 0.2) is 24.3 Å². The van der Waals surface area contributed by atoms with Crippen molar-refractivity contribution in [2.75, 3.05) is 20.2 Å². The zero-order valence-corrected chi connectivity index (χ0v) is 13.7. The Bertz CT molecular complexity index is 721. The molecular formula is C19H24N2O2. The molecule has 0 bridgehead atoms. The van der Waals surface area contributed by atoms with Gasteiger partial charge in [0.25, 0.3) is 0 Å². The molecule has 1 saturated heterocycles. The Morgan fingerprint density at radius 1 is 1.35 bits per heavy atom. The van der Waals surface area contributed by atoms with Gasteiger partial charge >= 0.3 is 5.97 Å². The second kappa shape index (κ2) is 6.00. The molecular weight excluding hydrogens is 288 g/mol. The van der Waals surface area contributed by atoms with Crippen LogP contribution in [0.1, 0.15) is 43.0 Å². The maximum Gasteiger partial charge on any atom is 0.305 e. The number of esters is 1. The number of carbonyl (C=O) groups excluding carboxylic acids is 1. The van der Waals surface area contributed by atoms with E-state index in [0.717, 1.165) is 19.4 Å². The number of para-hydroxylation sites is 1. The van der Waals surface area contributed by atoms with Crippen molar-refractivity contribution in [1.29, 1.82) is 0 Å². The molecule has 2 atom stereocenters. The summed E-state index contributed by atoms with van der Waals surface area (Å²) in [6.07, 6.45) is 5.01. The number of H-pyrrole nitrogens is 1. The van der Waals surface area contributed by atoms with Gasteiger partial charge < -0.3 is 9.72 Å². The van der Waals surface area contributed by atoms with E-state index in [0.29, 0.717) is 18.4 Å². The summed E-state index contributed by atoms with van der Waals surface area (Å²) in [7, 11) is 1.48. The Kier molecular flexibility index (Phi) is 3.85. The van der Waals surface area contributed by atoms with Crippen LogP contribution in [0, 0.1) is 5.92 Å². The molecule has 2 aromatic rings. The molecule has 1 N–H and O–H groups in total. The van der Waals surface area contributed by atoms with Gasteiger partial charge in [-0.2, -0.15) is 0 Å². The lowest BCUT2D eigenvalue weighted by Gasteiger charge is -2.44. The van der Waals surface area contributed by atoms with Crippen LogP contribution in [0.3, 0.4) is 0 Å². The minimum absolute atomic E-state index is 0.0881. The van der Waals surface area contributed by atoms with Crippen molar-refractivity contribution in [2.24, 2.45) is 5.92 Å². The second-order valence-corrected chi connectivity index (χ2v) is 6.81. The van der Waals surface area contributed by atoms with Gasteiger partial charge in [0.05, 0.1) is 13.2 Å². The molecule has 4 heteroatoms. The van der Waals surface area contributed by atoms with Crippen LogP contribution in [0.5, 0.6) is 0 Å². The molecule has 0 amide bonds. The molecule has 0 spiro atoms. The van der Waals surface area contributed by atoms with E-state index < -0.39 is 0 Å². The van der Waals surface area contributed by atoms with E-state index in [-0.39, 0.29) is 5.97 Å². The van der Waals surface area contributed by atoms with Crippen molar-refractivity contribution in [2.45, 2.75) is 38.1 Å². The quantitative estimate of drug-likeness (QED) is 0.883. The lowest BCUT2D eigenvalue weighted by molar-refractivity contribution is -0.141. The van der Waals surface area contributed by atoms with Crippen LogP contribution >= 0.6 is 0 Å². The third kappa shape index (κ3) is 2.55. The minimum atomic E-state index is -0.0881. The number of benzene rings is 1. The highest BCUT2D eigenvalue weighted by molar-refractivity contribution is 5.85. The van der Waals surface area contributed by atoms with Crippen LogP contribution in [0.25, 0.3) is 10.9 Å². The van der Waals surface area contributed by atoms with Gasteiger partial charge in [0, 0.05) is 29.6 Å². The van der Waals surface area contributed by atoms with Gasteiger partial charge in [-0.15, -0.1) is 0 Å². The molecule has 0 radical (unpaired) electrons. The predicted molar refractivity (Wildman–Crippen MR) is 90.3 cm³/mol. The zero-order chi connectivity index (χ0) is 15.8. The molecule has 4 nitrogen and oxygen atoms in total. The highest BCUT2D eigenvalue weighted by atomic mass is 16.5. The Morgan fingerprint density at radius 2 is 2.22 bits per heavy atom. The second-order valence-electron chi connectivity index (χ2n) is 6.81. The fourth-order valence-corrected chi connectivity index (χ4v) is 4.53. The number of methoxy groups -OCH3 is 1. The number of hydrogen-bond acceptors (Lipinski definition) is 3. The lowest BCUT2D eigenvalue weighted by atomic mass is 9.80. The van der Waals surface area contributed by atoms with Crippen molar-refractivity contribution in [3.05, 3.63) is 35.5 Å². The summed E-state index contributed by atoms with van der Waals surface area (Å²) in [6, 6.07) is 9.05. The van der Waals surface area contributed by atoms with E-state index in [1.807, 2.05) is 0 Å². The van der Waals surface area contributed by atoms with Gasteiger partial charge in [-0.3, -0.25) is 9.69 Å². The summed E-state index contributed by atoms with van der Waals surface area (Å²) < 4.78 is 4.83. The number of fused-ring (bicyclic) bond motifs is 5. The average Bonchev–Trinajstić information content (AvgIpc) is 2.98. The maximum atomic E-state index is 11.6. The molecule has 3 heterocycles. The molecule has 2 aliphatic heterocycles. The molecule has 4 rings (SSSR count). The summed E-state index contributed by atoms with van der Waals surface area (Å²) in [6.45, 7) is 2.31. The van der Waals surface area contributed by atoms with Crippen LogP contribution in [-0.4, -0.2) is 36.1 Å². The number of nitrogens with zero attached hydrogens (tertiary/aromatic N) is 1. The molecule has 0 saturated carbocycles. The highest BCUT2D eigenvalue weighted by Gasteiger charge is 2.38. The molecule has 2 aliphatic rings. The minimum Gasteiger partial charge on any atom is -0.469 e. The predicted octanol–water partition coefficient (Wildman–Crippen LogP) is 3.43. The van der Waals surface area contributed by atoms with E-state index in [4.69, 9.17) is 4.74 Å². The summed E-state index contributed by atoms with van der Waals surface area (Å²) in [5.41, 5.74) is 4.13. The van der Waals surface area contributed by atoms with Crippen molar-refractivity contribution >= 4 is 16.9 Å². The first-order chi connectivity index (χ1) is 11.3. The van der Waals surface area contributed by atoms with Gasteiger partial charge in [0.1, 0.15) is 0 Å². The number of aromatic nitrogens is 1. The molecule has 0 aliphatic carbocycles. The first-order valence-electron chi connectivity index (χ1n) is 8.68. The van der Waals surface area contributed by atoms with Crippen LogP contribution in [0.4, 0.5) is 0 Å². The summed E-state index contributed by atoms with van der Waals surface area (Å²) in [5, 5.41) is 1.37. The fourth-order valence-electron chi connectivity index (χ4n) is 4.53. The monoisotopic (exact) mass is 312 g/mol. The highest BCUT2D eigenvalue weighted by Crippen LogP contribution is 2.44. The van der Waals surface area contributed by atoms with E-state index >= 15 is 0 Å². The summed E-state index contributed by atoms with van der Waals surface area (Å²) >= 11 is 0. The number of ether oxygens (including phenoxy) is 1. The first-order valence-corrected chi connectivity index (χ1v) is 8.68. The Balaban J connectivity index is 1.68. The van der Waals surface area contributed by atoms with E-state index in [1.54, 1.807) is 0 Å². The smallest absolute Gasteiger partial charge is 0.305 e. The topological polar surface area (TPSA) is 45.3 Å². The Morgan fingerprint density at radius 3 is 3.09 bits per heavy atom. The van der Waals surface area contributed by atoms with Crippen molar-refractivity contribution in [1.82, 2.24) is 9.88 Å². The van der Waals surface area contributed by atoms with E-state index in [9.17, 15) is 4.79 Å². The molecule has 1 fully saturated rings. The zero-order valence-electron chi connectivity index (χ0n) is 13.7. The fraction of sp³-hybridized carbons (Fsp3) is 0.526. The summed E-state index contributed by atoms with van der Waals surface area (Å²) in [4.78, 5) is 17.9. The van der Waals surface area contributed by atoms with Gasteiger partial charge in [-0.25, -0.2) is 0 Å². The van der Waals surface area contributed by atoms with Crippen LogP contribution in [0.2, 0.25) is 0 Å². The third-order valence-electron chi connectivity index (χ3n) is 5.60. The van der Waals surface area contributed by atoms with Gasteiger partial charge in [-0.05, 0) is 49.8 Å². The number of piperidine rings is 1. The maximum absolute atomic E-state index is 11.6. The van der Waals surface area contributed by atoms with Gasteiger partial charge in [-0.1, -0.05) is 18.2 Å². The van der Waals surface area contributed by atoms with Crippen molar-refractivity contribution in [3.8, 4) is 0 Å². The average molecular weight is 312 g/mol. The lowest BCUT2D eigenvalue weighted by Crippen LogP contribution is -2.43. The molecule has 1 aromatic carbocycles. The van der Waals surface area contributed by atoms with E-state index in [2.05, 4.69) is 34.1 Å². The molecule has 23 heavy (non-hydrogen) atoms. The third-order valence-corrected chi connectivity index (χ3v) is 5.60. The van der Waals surface area contributed by atoms with Crippen molar-refractivity contribution < 1.29 is 9.53 Å². The number of rotatable bonds is 3. The summed E-state index contributed by atoms with van der Waals surface area (Å²) in [5.74, 6) is 0.449. The van der Waals surface area contributed by atoms with Crippen LogP contribution in [-0.2, 0) is 16.0 Å². The van der Waals surface area contributed by atoms with Crippen LogP contribution < -0.4 is 0 Å². The van der Waals surface area contributed by atoms with E-state index in [1.165, 1.54) is 48.7 Å². The largest absolute Gasteiger partial charge is 0.469 e. The number of carbonyl (C=O) groups is 1. The number of hydrogen-bond donors (Lipinski definition) is 1. The standard InChI is InChI=1S/C19H24N2O2/c1-23-17(22)9-8-13-5-4-11-21-12-10-15-14-6-2-3-7-16(14)20-18(15)19(13)21/h2-3,6-7,13,19-20H,4-5,8-12H2,1H3. The molecule has 122 valence electrons. The molecule has 2 unspecified atom stereocenters. The Labute approximate surface area is 136 Å². The normalized spacial score (nSPS) is 24.2. The SMILES string of the molecule is COC(=O)CCC1CCCN2CCc3c([nH]c4ccccc34)C12. The van der Waals surface area contributed by atoms with Gasteiger partial charge in [0.2, 0.25) is 0 Å². The number of nitrogens with one attached hydrogen (secondary N) is 1. The Hall–Kier alpha value is -1.81. The first kappa shape index (κ1) is 14.8. The van der Waals surface area contributed by atoms with Crippen molar-refractivity contribution in [3.63, 3.8) is 0 Å². The van der Waals surface area contributed by atoms with Gasteiger partial charge in [0.15, 0.2) is 0 Å². The molecule has 1 aromatic heterocycles. The number of aromatic amines is 1.